The molecule has 132 valence electrons. The maximum Gasteiger partial charge on any atom is 0.306 e. The predicted octanol–water partition coefficient (Wildman–Crippen LogP) is 3.28. The Morgan fingerprint density at radius 3 is 2.36 bits per heavy atom. The molecule has 2 rings (SSSR count). The molecule has 1 amide bonds. The van der Waals surface area contributed by atoms with Crippen LogP contribution in [0.25, 0.3) is 0 Å². The number of halogens is 1. The Balaban J connectivity index is 1.94. The van der Waals surface area contributed by atoms with Crippen LogP contribution in [0.1, 0.15) is 18.1 Å². The number of nitrogens with one attached hydrogen (secondary N) is 1. The van der Waals surface area contributed by atoms with Gasteiger partial charge in [0.1, 0.15) is 0 Å². The third kappa shape index (κ3) is 5.31. The number of rotatable bonds is 7. The Morgan fingerprint density at radius 1 is 1.16 bits per heavy atom. The van der Waals surface area contributed by atoms with Gasteiger partial charge in [0.25, 0.3) is 0 Å². The lowest BCUT2D eigenvalue weighted by atomic mass is 10.0. The van der Waals surface area contributed by atoms with Gasteiger partial charge in [-0.05, 0) is 41.8 Å². The minimum Gasteiger partial charge on any atom is -0.494 e. The van der Waals surface area contributed by atoms with E-state index < -0.39 is 17.7 Å². The van der Waals surface area contributed by atoms with Gasteiger partial charge < -0.3 is 15.2 Å². The highest BCUT2D eigenvalue weighted by molar-refractivity contribution is 5.92. The quantitative estimate of drug-likeness (QED) is 0.807. The van der Waals surface area contributed by atoms with E-state index in [9.17, 15) is 14.0 Å². The first-order valence-electron chi connectivity index (χ1n) is 7.83. The van der Waals surface area contributed by atoms with Crippen LogP contribution < -0.4 is 10.1 Å². The molecule has 0 saturated heterocycles. The number of benzene rings is 2. The van der Waals surface area contributed by atoms with Gasteiger partial charge in [-0.3, -0.25) is 9.59 Å². The Morgan fingerprint density at radius 2 is 1.80 bits per heavy atom. The fourth-order valence-corrected chi connectivity index (χ4v) is 2.38. The lowest BCUT2D eigenvalue weighted by molar-refractivity contribution is -0.141. The normalized spacial score (nSPS) is 11.6. The zero-order chi connectivity index (χ0) is 18.4. The van der Waals surface area contributed by atoms with Crippen molar-refractivity contribution in [3.05, 3.63) is 59.4 Å². The van der Waals surface area contributed by atoms with E-state index >= 15 is 0 Å². The number of hydrogen-bond acceptors (Lipinski definition) is 3. The minimum absolute atomic E-state index is 0.0404. The molecule has 2 aromatic carbocycles. The molecule has 5 nitrogen and oxygen atoms in total. The summed E-state index contributed by atoms with van der Waals surface area (Å²) in [4.78, 5) is 22.9. The lowest BCUT2D eigenvalue weighted by Gasteiger charge is -2.09. The Labute approximate surface area is 145 Å². The molecular weight excluding hydrogens is 325 g/mol. The molecule has 0 aromatic heterocycles. The summed E-state index contributed by atoms with van der Waals surface area (Å²) in [6.07, 6.45) is 0.466. The van der Waals surface area contributed by atoms with E-state index in [-0.39, 0.29) is 18.1 Å². The monoisotopic (exact) mass is 345 g/mol. The number of anilines is 1. The first kappa shape index (κ1) is 18.4. The smallest absolute Gasteiger partial charge is 0.306 e. The molecule has 0 heterocycles. The number of amides is 1. The van der Waals surface area contributed by atoms with Crippen LogP contribution in [-0.4, -0.2) is 24.1 Å². The maximum atomic E-state index is 13.6. The van der Waals surface area contributed by atoms with Gasteiger partial charge >= 0.3 is 5.97 Å². The van der Waals surface area contributed by atoms with Crippen molar-refractivity contribution in [3.8, 4) is 5.75 Å². The van der Waals surface area contributed by atoms with Crippen LogP contribution in [0.5, 0.6) is 5.75 Å². The summed E-state index contributed by atoms with van der Waals surface area (Å²) in [5.41, 5.74) is 2.03. The molecule has 0 bridgehead atoms. The molecule has 0 aliphatic heterocycles. The molecule has 25 heavy (non-hydrogen) atoms. The number of aliphatic carboxylic acids is 1. The fraction of sp³-hybridized carbons (Fsp3) is 0.263. The second-order valence-electron chi connectivity index (χ2n) is 5.83. The zero-order valence-corrected chi connectivity index (χ0v) is 14.1. The lowest BCUT2D eigenvalue weighted by Crippen LogP contribution is -2.15. The van der Waals surface area contributed by atoms with E-state index in [0.29, 0.717) is 17.7 Å². The standard InChI is InChI=1S/C19H20FNO4/c1-12(19(23)24)9-13-3-6-15(7-4-13)21-18(22)11-14-5-8-17(25-2)16(20)10-14/h3-8,10,12H,9,11H2,1-2H3,(H,21,22)(H,23,24). The summed E-state index contributed by atoms with van der Waals surface area (Å²) in [5, 5.41) is 11.7. The Kier molecular flexibility index (Phi) is 6.11. The van der Waals surface area contributed by atoms with Crippen molar-refractivity contribution in [1.82, 2.24) is 0 Å². The van der Waals surface area contributed by atoms with Crippen molar-refractivity contribution in [3.63, 3.8) is 0 Å². The van der Waals surface area contributed by atoms with E-state index in [4.69, 9.17) is 9.84 Å². The number of methoxy groups -OCH3 is 1. The molecular formula is C19H20FNO4. The SMILES string of the molecule is COc1ccc(CC(=O)Nc2ccc(CC(C)C(=O)O)cc2)cc1F. The number of hydrogen-bond donors (Lipinski definition) is 2. The average Bonchev–Trinajstić information content (AvgIpc) is 2.56. The van der Waals surface area contributed by atoms with Crippen LogP contribution in [0.3, 0.4) is 0 Å². The Hall–Kier alpha value is -2.89. The van der Waals surface area contributed by atoms with Crippen LogP contribution in [0, 0.1) is 11.7 Å². The van der Waals surface area contributed by atoms with E-state index in [0.717, 1.165) is 5.56 Å². The van der Waals surface area contributed by atoms with Crippen LogP contribution in [0.15, 0.2) is 42.5 Å². The topological polar surface area (TPSA) is 75.6 Å². The summed E-state index contributed by atoms with van der Waals surface area (Å²) in [7, 11) is 1.38. The molecule has 0 fully saturated rings. The van der Waals surface area contributed by atoms with Gasteiger partial charge in [0.15, 0.2) is 11.6 Å². The molecule has 2 aromatic rings. The zero-order valence-electron chi connectivity index (χ0n) is 14.1. The van der Waals surface area contributed by atoms with Gasteiger partial charge in [0.2, 0.25) is 5.91 Å². The van der Waals surface area contributed by atoms with Gasteiger partial charge in [0, 0.05) is 5.69 Å². The third-order valence-electron chi connectivity index (χ3n) is 3.78. The van der Waals surface area contributed by atoms with E-state index in [1.807, 2.05) is 0 Å². The molecule has 1 unspecified atom stereocenters. The van der Waals surface area contributed by atoms with Gasteiger partial charge in [0.05, 0.1) is 19.4 Å². The van der Waals surface area contributed by atoms with Crippen molar-refractivity contribution < 1.29 is 23.8 Å². The Bertz CT molecular complexity index is 759. The average molecular weight is 345 g/mol. The molecule has 6 heteroatoms. The highest BCUT2D eigenvalue weighted by Crippen LogP contribution is 2.19. The van der Waals surface area contributed by atoms with Crippen LogP contribution in [0.2, 0.25) is 0 Å². The van der Waals surface area contributed by atoms with Gasteiger partial charge in [-0.1, -0.05) is 25.1 Å². The molecule has 0 aliphatic rings. The summed E-state index contributed by atoms with van der Waals surface area (Å²) in [6.45, 7) is 1.64. The summed E-state index contributed by atoms with van der Waals surface area (Å²) in [5.74, 6) is -1.95. The minimum atomic E-state index is -0.843. The second kappa shape index (κ2) is 8.28. The van der Waals surface area contributed by atoms with Crippen LogP contribution >= 0.6 is 0 Å². The third-order valence-corrected chi connectivity index (χ3v) is 3.78. The van der Waals surface area contributed by atoms with Gasteiger partial charge in [-0.2, -0.15) is 0 Å². The first-order valence-corrected chi connectivity index (χ1v) is 7.83. The summed E-state index contributed by atoms with van der Waals surface area (Å²) < 4.78 is 18.5. The predicted molar refractivity (Wildman–Crippen MR) is 92.2 cm³/mol. The van der Waals surface area contributed by atoms with Crippen LogP contribution in [-0.2, 0) is 22.4 Å². The van der Waals surface area contributed by atoms with E-state index in [1.165, 1.54) is 19.2 Å². The van der Waals surface area contributed by atoms with Crippen molar-refractivity contribution in [2.45, 2.75) is 19.8 Å². The van der Waals surface area contributed by atoms with Crippen molar-refractivity contribution in [2.24, 2.45) is 5.92 Å². The number of ether oxygens (including phenoxy) is 1. The second-order valence-corrected chi connectivity index (χ2v) is 5.83. The first-order chi connectivity index (χ1) is 11.9. The van der Waals surface area contributed by atoms with Gasteiger partial charge in [-0.25, -0.2) is 4.39 Å². The number of carboxylic acid groups (broad SMARTS) is 1. The molecule has 1 atom stereocenters. The van der Waals surface area contributed by atoms with Crippen molar-refractivity contribution >= 4 is 17.6 Å². The van der Waals surface area contributed by atoms with E-state index in [1.54, 1.807) is 37.3 Å². The molecule has 0 aliphatic carbocycles. The molecule has 0 saturated carbocycles. The largest absolute Gasteiger partial charge is 0.494 e. The number of carboxylic acids is 1. The molecule has 0 spiro atoms. The van der Waals surface area contributed by atoms with Crippen molar-refractivity contribution in [2.75, 3.05) is 12.4 Å². The highest BCUT2D eigenvalue weighted by atomic mass is 19.1. The van der Waals surface area contributed by atoms with E-state index in [2.05, 4.69) is 5.32 Å². The maximum absolute atomic E-state index is 13.6. The fourth-order valence-electron chi connectivity index (χ4n) is 2.38. The highest BCUT2D eigenvalue weighted by Gasteiger charge is 2.12. The van der Waals surface area contributed by atoms with Gasteiger partial charge in [-0.15, -0.1) is 0 Å². The summed E-state index contributed by atoms with van der Waals surface area (Å²) >= 11 is 0. The summed E-state index contributed by atoms with van der Waals surface area (Å²) in [6, 6.07) is 11.4. The number of carbonyl (C=O) groups is 2. The van der Waals surface area contributed by atoms with Crippen LogP contribution in [0.4, 0.5) is 10.1 Å². The number of carbonyl (C=O) groups excluding carboxylic acids is 1. The molecule has 2 N–H and O–H groups in total. The van der Waals surface area contributed by atoms with Crippen molar-refractivity contribution in [1.29, 1.82) is 0 Å². The molecule has 0 radical (unpaired) electrons.